The number of rotatable bonds is 4. The Kier molecular flexibility index (Phi) is 5.08. The standard InChI is InChI=1S/C17H20N4O2/c1-5-7-8-9-10-11-13-18-15-14(19(13)3)16(22)21(12-6-2)17(23)20(15)4/h2H,5,7-9,12H2,1,3-4H3. The van der Waals surface area contributed by atoms with Crippen molar-refractivity contribution in [3.05, 3.63) is 26.7 Å². The van der Waals surface area contributed by atoms with Gasteiger partial charge in [0.2, 0.25) is 0 Å². The van der Waals surface area contributed by atoms with Crippen molar-refractivity contribution >= 4 is 11.2 Å². The minimum absolute atomic E-state index is 0.0648. The molecule has 0 aliphatic rings. The Balaban J connectivity index is 2.57. The Labute approximate surface area is 134 Å². The number of aromatic nitrogens is 4. The number of nitrogens with zero attached hydrogens (tertiary/aromatic N) is 4. The first-order valence-corrected chi connectivity index (χ1v) is 7.61. The number of fused-ring (bicyclic) bond motifs is 1. The van der Waals surface area contributed by atoms with E-state index in [2.05, 4.69) is 29.7 Å². The number of hydrogen-bond acceptors (Lipinski definition) is 3. The van der Waals surface area contributed by atoms with Crippen molar-refractivity contribution in [3.8, 4) is 24.2 Å². The minimum atomic E-state index is -0.471. The van der Waals surface area contributed by atoms with Gasteiger partial charge in [-0.2, -0.15) is 0 Å². The van der Waals surface area contributed by atoms with Crippen LogP contribution >= 0.6 is 0 Å². The lowest BCUT2D eigenvalue weighted by molar-refractivity contribution is 0.674. The fourth-order valence-electron chi connectivity index (χ4n) is 2.39. The molecule has 0 saturated heterocycles. The highest BCUT2D eigenvalue weighted by Gasteiger charge is 2.17. The molecule has 0 saturated carbocycles. The van der Waals surface area contributed by atoms with Gasteiger partial charge in [0.15, 0.2) is 17.0 Å². The van der Waals surface area contributed by atoms with Gasteiger partial charge in [-0.15, -0.1) is 6.42 Å². The topological polar surface area (TPSA) is 61.8 Å². The summed E-state index contributed by atoms with van der Waals surface area (Å²) in [4.78, 5) is 29.0. The molecule has 2 aromatic rings. The quantitative estimate of drug-likeness (QED) is 0.625. The van der Waals surface area contributed by atoms with Crippen LogP contribution in [0.3, 0.4) is 0 Å². The Morgan fingerprint density at radius 2 is 1.91 bits per heavy atom. The summed E-state index contributed by atoms with van der Waals surface area (Å²) in [7, 11) is 3.29. The summed E-state index contributed by atoms with van der Waals surface area (Å²) in [5.74, 6) is 8.86. The Hall–Kier alpha value is -2.73. The van der Waals surface area contributed by atoms with Crippen LogP contribution in [0, 0.1) is 24.2 Å². The van der Waals surface area contributed by atoms with Gasteiger partial charge in [-0.3, -0.25) is 9.36 Å². The lowest BCUT2D eigenvalue weighted by Crippen LogP contribution is -2.39. The first-order valence-electron chi connectivity index (χ1n) is 7.61. The molecule has 0 N–H and O–H groups in total. The van der Waals surface area contributed by atoms with Crippen molar-refractivity contribution in [2.24, 2.45) is 14.1 Å². The maximum absolute atomic E-state index is 12.5. The molecular weight excluding hydrogens is 292 g/mol. The van der Waals surface area contributed by atoms with Gasteiger partial charge in [0.25, 0.3) is 5.56 Å². The van der Waals surface area contributed by atoms with Crippen LogP contribution in [-0.4, -0.2) is 18.7 Å². The fraction of sp³-hybridized carbons (Fsp3) is 0.471. The van der Waals surface area contributed by atoms with Crippen LogP contribution < -0.4 is 11.2 Å². The molecular formula is C17H20N4O2. The lowest BCUT2D eigenvalue weighted by atomic mass is 10.2. The van der Waals surface area contributed by atoms with E-state index < -0.39 is 11.2 Å². The van der Waals surface area contributed by atoms with Gasteiger partial charge >= 0.3 is 5.69 Å². The van der Waals surface area contributed by atoms with E-state index in [0.29, 0.717) is 17.0 Å². The van der Waals surface area contributed by atoms with Crippen molar-refractivity contribution in [1.29, 1.82) is 0 Å². The molecule has 0 radical (unpaired) electrons. The third-order valence-corrected chi connectivity index (χ3v) is 3.71. The van der Waals surface area contributed by atoms with Gasteiger partial charge in [-0.1, -0.05) is 31.6 Å². The summed E-state index contributed by atoms with van der Waals surface area (Å²) >= 11 is 0. The van der Waals surface area contributed by atoms with Crippen LogP contribution in [0.15, 0.2) is 9.59 Å². The van der Waals surface area contributed by atoms with Crippen molar-refractivity contribution in [3.63, 3.8) is 0 Å². The molecule has 2 aromatic heterocycles. The normalized spacial score (nSPS) is 10.3. The van der Waals surface area contributed by atoms with Gasteiger partial charge in [-0.05, 0) is 12.3 Å². The third-order valence-electron chi connectivity index (χ3n) is 3.71. The summed E-state index contributed by atoms with van der Waals surface area (Å²) in [6.45, 7) is 2.07. The summed E-state index contributed by atoms with van der Waals surface area (Å²) in [5.41, 5.74) is -0.245. The molecule has 6 heteroatoms. The highest BCUT2D eigenvalue weighted by Crippen LogP contribution is 2.08. The Morgan fingerprint density at radius 3 is 2.57 bits per heavy atom. The summed E-state index contributed by atoms with van der Waals surface area (Å²) in [6, 6.07) is 0. The summed E-state index contributed by atoms with van der Waals surface area (Å²) in [6.07, 6.45) is 9.36. The number of imidazole rings is 1. The number of terminal acetylenes is 1. The number of hydrogen-bond donors (Lipinski definition) is 0. The molecule has 2 rings (SSSR count). The van der Waals surface area contributed by atoms with E-state index in [1.54, 1.807) is 18.7 Å². The van der Waals surface area contributed by atoms with Crippen molar-refractivity contribution in [2.75, 3.05) is 0 Å². The third kappa shape index (κ3) is 3.07. The average molecular weight is 312 g/mol. The monoisotopic (exact) mass is 312 g/mol. The smallest absolute Gasteiger partial charge is 0.315 e. The molecule has 0 fully saturated rings. The molecule has 0 spiro atoms. The molecule has 0 amide bonds. The molecule has 120 valence electrons. The van der Waals surface area contributed by atoms with E-state index in [9.17, 15) is 9.59 Å². The lowest BCUT2D eigenvalue weighted by Gasteiger charge is -2.05. The maximum atomic E-state index is 12.5. The predicted octanol–water partition coefficient (Wildman–Crippen LogP) is 0.999. The zero-order valence-corrected chi connectivity index (χ0v) is 13.7. The second-order valence-electron chi connectivity index (χ2n) is 5.36. The van der Waals surface area contributed by atoms with E-state index in [-0.39, 0.29) is 6.54 Å². The Bertz CT molecular complexity index is 942. The van der Waals surface area contributed by atoms with Crippen molar-refractivity contribution in [2.45, 2.75) is 39.2 Å². The van der Waals surface area contributed by atoms with Crippen LogP contribution in [-0.2, 0) is 20.6 Å². The molecule has 0 aliphatic heterocycles. The Morgan fingerprint density at radius 1 is 1.17 bits per heavy atom. The highest BCUT2D eigenvalue weighted by molar-refractivity contribution is 5.72. The second-order valence-corrected chi connectivity index (χ2v) is 5.36. The number of aryl methyl sites for hydroxylation is 2. The molecule has 2 heterocycles. The first-order chi connectivity index (χ1) is 11.0. The van der Waals surface area contributed by atoms with Crippen LogP contribution in [0.25, 0.3) is 11.2 Å². The van der Waals surface area contributed by atoms with Crippen LogP contribution in [0.4, 0.5) is 0 Å². The van der Waals surface area contributed by atoms with E-state index >= 15 is 0 Å². The molecule has 6 nitrogen and oxygen atoms in total. The zero-order valence-electron chi connectivity index (χ0n) is 13.7. The SMILES string of the molecule is C#CCn1c(=O)c2c(nc(C#CCCCCC)n2C)n(C)c1=O. The van der Waals surface area contributed by atoms with Gasteiger partial charge in [0.05, 0.1) is 6.54 Å². The second kappa shape index (κ2) is 7.02. The summed E-state index contributed by atoms with van der Waals surface area (Å²) in [5, 5.41) is 0. The van der Waals surface area contributed by atoms with Gasteiger partial charge in [0, 0.05) is 20.5 Å². The van der Waals surface area contributed by atoms with Crippen molar-refractivity contribution in [1.82, 2.24) is 18.7 Å². The van der Waals surface area contributed by atoms with Crippen LogP contribution in [0.5, 0.6) is 0 Å². The maximum Gasteiger partial charge on any atom is 0.333 e. The largest absolute Gasteiger partial charge is 0.333 e. The van der Waals surface area contributed by atoms with E-state index in [1.165, 1.54) is 4.57 Å². The van der Waals surface area contributed by atoms with Gasteiger partial charge in [-0.25, -0.2) is 14.3 Å². The molecule has 23 heavy (non-hydrogen) atoms. The van der Waals surface area contributed by atoms with E-state index in [1.807, 2.05) is 0 Å². The van der Waals surface area contributed by atoms with Gasteiger partial charge < -0.3 is 4.57 Å². The molecule has 0 bridgehead atoms. The average Bonchev–Trinajstić information content (AvgIpc) is 2.86. The fourth-order valence-corrected chi connectivity index (χ4v) is 2.39. The van der Waals surface area contributed by atoms with Crippen molar-refractivity contribution < 1.29 is 0 Å². The molecule has 0 unspecified atom stereocenters. The zero-order chi connectivity index (χ0) is 17.0. The predicted molar refractivity (Wildman–Crippen MR) is 90.1 cm³/mol. The van der Waals surface area contributed by atoms with Crippen LogP contribution in [0.2, 0.25) is 0 Å². The minimum Gasteiger partial charge on any atom is -0.315 e. The first kappa shape index (κ1) is 16.6. The van der Waals surface area contributed by atoms with E-state index in [0.717, 1.165) is 30.3 Å². The van der Waals surface area contributed by atoms with Gasteiger partial charge in [0.1, 0.15) is 0 Å². The molecule has 0 aliphatic carbocycles. The van der Waals surface area contributed by atoms with Crippen LogP contribution in [0.1, 0.15) is 38.4 Å². The number of unbranched alkanes of at least 4 members (excludes halogenated alkanes) is 3. The summed E-state index contributed by atoms with van der Waals surface area (Å²) < 4.78 is 3.98. The van der Waals surface area contributed by atoms with E-state index in [4.69, 9.17) is 6.42 Å². The highest BCUT2D eigenvalue weighted by atomic mass is 16.2. The molecule has 0 atom stereocenters. The molecule has 0 aromatic carbocycles.